The molecule has 0 bridgehead atoms. The summed E-state index contributed by atoms with van der Waals surface area (Å²) in [6.07, 6.45) is 7.25. The first-order valence-electron chi connectivity index (χ1n) is 9.92. The molecule has 1 aromatic carbocycles. The van der Waals surface area contributed by atoms with Crippen LogP contribution in [0.5, 0.6) is 0 Å². The Hall–Kier alpha value is -2.21. The largest absolute Gasteiger partial charge is 0.348 e. The molecule has 27 heavy (non-hydrogen) atoms. The average Bonchev–Trinajstić information content (AvgIpc) is 3.25. The van der Waals surface area contributed by atoms with Gasteiger partial charge in [0.2, 0.25) is 0 Å². The van der Waals surface area contributed by atoms with Crippen LogP contribution in [0.3, 0.4) is 0 Å². The number of nitrogens with one attached hydrogen (secondary N) is 2. The van der Waals surface area contributed by atoms with Crippen molar-refractivity contribution in [3.8, 4) is 5.69 Å². The third-order valence-corrected chi connectivity index (χ3v) is 5.99. The molecular formula is C21H27FN4O. The van der Waals surface area contributed by atoms with Crippen LogP contribution in [0.1, 0.15) is 60.3 Å². The Morgan fingerprint density at radius 2 is 1.74 bits per heavy atom. The lowest BCUT2D eigenvalue weighted by Gasteiger charge is -2.39. The number of hydrogen-bond acceptors (Lipinski definition) is 3. The Kier molecular flexibility index (Phi) is 5.00. The molecule has 6 heteroatoms. The van der Waals surface area contributed by atoms with Gasteiger partial charge in [0.15, 0.2) is 0 Å². The standard InChI is InChI=1S/C21H27FN4O/c1-13-20(14(2)26(25-13)17-9-7-15(22)8-10-17)21(27)24-19-12-11-18(19)23-16-5-3-4-6-16/h7-10,16,18-19,23H,3-6,11-12H2,1-2H3,(H,24,27)/t18-,19+/m0/s1. The van der Waals surface area contributed by atoms with Crippen molar-refractivity contribution in [3.05, 3.63) is 47.0 Å². The number of rotatable bonds is 5. The summed E-state index contributed by atoms with van der Waals surface area (Å²) < 4.78 is 14.9. The number of hydrogen-bond donors (Lipinski definition) is 2. The highest BCUT2D eigenvalue weighted by atomic mass is 19.1. The fourth-order valence-electron chi connectivity index (χ4n) is 4.31. The molecule has 4 rings (SSSR count). The summed E-state index contributed by atoms with van der Waals surface area (Å²) in [6.45, 7) is 3.73. The van der Waals surface area contributed by atoms with Crippen LogP contribution in [0.15, 0.2) is 24.3 Å². The van der Waals surface area contributed by atoms with Crippen molar-refractivity contribution in [1.82, 2.24) is 20.4 Å². The van der Waals surface area contributed by atoms with Gasteiger partial charge in [-0.25, -0.2) is 9.07 Å². The molecule has 0 saturated heterocycles. The normalized spacial score (nSPS) is 22.6. The van der Waals surface area contributed by atoms with E-state index in [-0.39, 0.29) is 17.8 Å². The zero-order valence-corrected chi connectivity index (χ0v) is 16.0. The molecule has 2 saturated carbocycles. The molecule has 1 aromatic heterocycles. The molecule has 2 aliphatic rings. The number of amides is 1. The molecule has 0 unspecified atom stereocenters. The Balaban J connectivity index is 1.46. The minimum Gasteiger partial charge on any atom is -0.348 e. The quantitative estimate of drug-likeness (QED) is 0.848. The van der Waals surface area contributed by atoms with Crippen LogP contribution in [0, 0.1) is 19.7 Å². The molecule has 2 aliphatic carbocycles. The van der Waals surface area contributed by atoms with Gasteiger partial charge in [-0.05, 0) is 63.8 Å². The van der Waals surface area contributed by atoms with E-state index in [1.54, 1.807) is 16.8 Å². The van der Waals surface area contributed by atoms with Crippen LogP contribution in [-0.4, -0.2) is 33.8 Å². The van der Waals surface area contributed by atoms with Crippen molar-refractivity contribution in [2.45, 2.75) is 70.5 Å². The van der Waals surface area contributed by atoms with Gasteiger partial charge in [-0.3, -0.25) is 4.79 Å². The van der Waals surface area contributed by atoms with Gasteiger partial charge >= 0.3 is 0 Å². The van der Waals surface area contributed by atoms with E-state index in [2.05, 4.69) is 15.7 Å². The Morgan fingerprint density at radius 3 is 2.37 bits per heavy atom. The lowest BCUT2D eigenvalue weighted by molar-refractivity contribution is 0.0888. The van der Waals surface area contributed by atoms with Crippen LogP contribution < -0.4 is 10.6 Å². The first kappa shape index (κ1) is 18.2. The number of nitrogens with zero attached hydrogens (tertiary/aromatic N) is 2. The summed E-state index contributed by atoms with van der Waals surface area (Å²) in [5.41, 5.74) is 2.83. The second kappa shape index (κ2) is 7.43. The third-order valence-electron chi connectivity index (χ3n) is 5.99. The van der Waals surface area contributed by atoms with Crippen LogP contribution >= 0.6 is 0 Å². The minimum atomic E-state index is -0.288. The smallest absolute Gasteiger partial charge is 0.255 e. The molecule has 0 radical (unpaired) electrons. The highest BCUT2D eigenvalue weighted by molar-refractivity contribution is 5.96. The maximum atomic E-state index is 13.2. The molecule has 0 aliphatic heterocycles. The lowest BCUT2D eigenvalue weighted by Crippen LogP contribution is -2.58. The number of benzene rings is 1. The molecule has 2 fully saturated rings. The zero-order chi connectivity index (χ0) is 19.0. The number of aryl methyl sites for hydroxylation is 1. The molecular weight excluding hydrogens is 343 g/mol. The Bertz CT molecular complexity index is 823. The number of carbonyl (C=O) groups excluding carboxylic acids is 1. The lowest BCUT2D eigenvalue weighted by atomic mass is 9.85. The van der Waals surface area contributed by atoms with Crippen LogP contribution in [0.25, 0.3) is 5.69 Å². The predicted molar refractivity (Wildman–Crippen MR) is 103 cm³/mol. The molecule has 2 N–H and O–H groups in total. The fraction of sp³-hybridized carbons (Fsp3) is 0.524. The zero-order valence-electron chi connectivity index (χ0n) is 16.0. The maximum absolute atomic E-state index is 13.2. The summed E-state index contributed by atoms with van der Waals surface area (Å²) in [6, 6.07) is 7.32. The van der Waals surface area contributed by atoms with Gasteiger partial charge in [0.1, 0.15) is 5.82 Å². The maximum Gasteiger partial charge on any atom is 0.255 e. The van der Waals surface area contributed by atoms with Gasteiger partial charge in [0, 0.05) is 18.1 Å². The van der Waals surface area contributed by atoms with Crippen molar-refractivity contribution in [1.29, 1.82) is 0 Å². The predicted octanol–water partition coefficient (Wildman–Crippen LogP) is 3.42. The van der Waals surface area contributed by atoms with E-state index in [1.165, 1.54) is 37.8 Å². The SMILES string of the molecule is Cc1nn(-c2ccc(F)cc2)c(C)c1C(=O)N[C@@H]1CC[C@@H]1NC1CCCC1. The topological polar surface area (TPSA) is 59.0 Å². The van der Waals surface area contributed by atoms with Crippen molar-refractivity contribution < 1.29 is 9.18 Å². The van der Waals surface area contributed by atoms with Crippen LogP contribution in [0.2, 0.25) is 0 Å². The first-order valence-corrected chi connectivity index (χ1v) is 9.92. The van der Waals surface area contributed by atoms with E-state index in [0.717, 1.165) is 24.2 Å². The van der Waals surface area contributed by atoms with Gasteiger partial charge in [-0.1, -0.05) is 12.8 Å². The third kappa shape index (κ3) is 3.63. The molecule has 0 spiro atoms. The van der Waals surface area contributed by atoms with Gasteiger partial charge < -0.3 is 10.6 Å². The molecule has 2 aromatic rings. The van der Waals surface area contributed by atoms with Crippen LogP contribution in [0.4, 0.5) is 4.39 Å². The average molecular weight is 370 g/mol. The van der Waals surface area contributed by atoms with Crippen LogP contribution in [-0.2, 0) is 0 Å². The molecule has 5 nitrogen and oxygen atoms in total. The van der Waals surface area contributed by atoms with Crippen molar-refractivity contribution in [3.63, 3.8) is 0 Å². The van der Waals surface area contributed by atoms with E-state index in [9.17, 15) is 9.18 Å². The summed E-state index contributed by atoms with van der Waals surface area (Å²) >= 11 is 0. The first-order chi connectivity index (χ1) is 13.0. The molecule has 1 heterocycles. The van der Waals surface area contributed by atoms with Crippen molar-refractivity contribution in [2.75, 3.05) is 0 Å². The Morgan fingerprint density at radius 1 is 1.07 bits per heavy atom. The second-order valence-electron chi connectivity index (χ2n) is 7.85. The minimum absolute atomic E-state index is 0.0683. The van der Waals surface area contributed by atoms with E-state index in [4.69, 9.17) is 0 Å². The van der Waals surface area contributed by atoms with Gasteiger partial charge in [-0.2, -0.15) is 5.10 Å². The van der Waals surface area contributed by atoms with Crippen molar-refractivity contribution in [2.24, 2.45) is 0 Å². The monoisotopic (exact) mass is 370 g/mol. The highest BCUT2D eigenvalue weighted by Crippen LogP contribution is 2.26. The summed E-state index contributed by atoms with van der Waals surface area (Å²) in [5.74, 6) is -0.356. The number of carbonyl (C=O) groups is 1. The van der Waals surface area contributed by atoms with Crippen molar-refractivity contribution >= 4 is 5.91 Å². The number of halogens is 1. The summed E-state index contributed by atoms with van der Waals surface area (Å²) in [4.78, 5) is 12.9. The van der Waals surface area contributed by atoms with Gasteiger partial charge in [0.25, 0.3) is 5.91 Å². The van der Waals surface area contributed by atoms with Gasteiger partial charge in [-0.15, -0.1) is 0 Å². The van der Waals surface area contributed by atoms with E-state index < -0.39 is 0 Å². The molecule has 1 amide bonds. The Labute approximate surface area is 159 Å². The number of aromatic nitrogens is 2. The molecule has 144 valence electrons. The highest BCUT2D eigenvalue weighted by Gasteiger charge is 2.35. The molecule has 2 atom stereocenters. The van der Waals surface area contributed by atoms with E-state index >= 15 is 0 Å². The summed E-state index contributed by atoms with van der Waals surface area (Å²) in [7, 11) is 0. The van der Waals surface area contributed by atoms with E-state index in [0.29, 0.717) is 23.3 Å². The van der Waals surface area contributed by atoms with Gasteiger partial charge in [0.05, 0.1) is 22.6 Å². The fourth-order valence-corrected chi connectivity index (χ4v) is 4.31. The van der Waals surface area contributed by atoms with E-state index in [1.807, 2.05) is 13.8 Å². The second-order valence-corrected chi connectivity index (χ2v) is 7.85. The summed E-state index contributed by atoms with van der Waals surface area (Å²) in [5, 5.41) is 11.4.